The maximum atomic E-state index is 12.3. The number of benzene rings is 1. The largest absolute Gasteiger partial charge is 0.491 e. The Morgan fingerprint density at radius 2 is 1.52 bits per heavy atom. The third kappa shape index (κ3) is 3.03. The van der Waals surface area contributed by atoms with Gasteiger partial charge in [0.1, 0.15) is 0 Å². The van der Waals surface area contributed by atoms with Crippen molar-refractivity contribution < 1.29 is 33.8 Å². The second kappa shape index (κ2) is 6.41. The average molecular weight is 371 g/mol. The first-order valence-electron chi connectivity index (χ1n) is 7.58. The predicted molar refractivity (Wildman–Crippen MR) is 91.9 cm³/mol. The number of hydrogen-bond donors (Lipinski definition) is 2. The fourth-order valence-corrected chi connectivity index (χ4v) is 2.72. The van der Waals surface area contributed by atoms with Crippen molar-refractivity contribution in [2.45, 2.75) is 6.92 Å². The topological polar surface area (TPSA) is 133 Å². The zero-order valence-corrected chi connectivity index (χ0v) is 14.2. The summed E-state index contributed by atoms with van der Waals surface area (Å²) in [6.45, 7) is 1.46. The van der Waals surface area contributed by atoms with E-state index in [1.165, 1.54) is 32.2 Å². The summed E-state index contributed by atoms with van der Waals surface area (Å²) >= 11 is 0. The Morgan fingerprint density at radius 3 is 1.96 bits per heavy atom. The minimum absolute atomic E-state index is 0.00539. The molecule has 0 unspecified atom stereocenters. The highest BCUT2D eigenvalue weighted by Gasteiger charge is 2.35. The highest BCUT2D eigenvalue weighted by atomic mass is 16.5. The minimum Gasteiger partial charge on any atom is -0.491 e. The Hall–Kier alpha value is -3.95. The van der Waals surface area contributed by atoms with Crippen molar-refractivity contribution in [2.24, 2.45) is 0 Å². The van der Waals surface area contributed by atoms with Gasteiger partial charge in [-0.25, -0.2) is 14.6 Å². The van der Waals surface area contributed by atoms with Crippen molar-refractivity contribution in [1.82, 2.24) is 0 Å². The van der Waals surface area contributed by atoms with Crippen molar-refractivity contribution in [2.75, 3.05) is 22.2 Å². The molecule has 0 radical (unpaired) electrons. The lowest BCUT2D eigenvalue weighted by molar-refractivity contribution is -0.122. The molecule has 138 valence electrons. The van der Waals surface area contributed by atoms with Crippen molar-refractivity contribution in [3.05, 3.63) is 41.7 Å². The van der Waals surface area contributed by atoms with Crippen LogP contribution in [0.1, 0.15) is 6.92 Å². The van der Waals surface area contributed by atoms with E-state index in [0.717, 1.165) is 22.0 Å². The molecule has 0 aromatic heterocycles. The van der Waals surface area contributed by atoms with Crippen LogP contribution in [0.4, 0.5) is 21.9 Å². The molecule has 0 spiro atoms. The van der Waals surface area contributed by atoms with E-state index in [1.54, 1.807) is 0 Å². The van der Waals surface area contributed by atoms with Gasteiger partial charge in [0.05, 0.1) is 24.6 Å². The zero-order valence-electron chi connectivity index (χ0n) is 14.2. The molecule has 0 aliphatic carbocycles. The molecular formula is C17H13N3O7. The summed E-state index contributed by atoms with van der Waals surface area (Å²) in [4.78, 5) is 61.4. The Morgan fingerprint density at radius 1 is 0.963 bits per heavy atom. The van der Waals surface area contributed by atoms with Crippen LogP contribution in [0.3, 0.4) is 0 Å². The van der Waals surface area contributed by atoms with Gasteiger partial charge in [0.2, 0.25) is 0 Å². The molecule has 0 atom stereocenters. The third-order valence-electron chi connectivity index (χ3n) is 3.88. The first-order chi connectivity index (χ1) is 12.7. The summed E-state index contributed by atoms with van der Waals surface area (Å²) in [7, 11) is 1.23. The van der Waals surface area contributed by atoms with Gasteiger partial charge < -0.3 is 9.84 Å². The van der Waals surface area contributed by atoms with E-state index in [4.69, 9.17) is 9.84 Å². The third-order valence-corrected chi connectivity index (χ3v) is 3.88. The summed E-state index contributed by atoms with van der Waals surface area (Å²) in [5, 5.41) is 11.0. The number of ether oxygens (including phenoxy) is 1. The fraction of sp³-hybridized carbons (Fsp3) is 0.118. The van der Waals surface area contributed by atoms with Crippen LogP contribution in [0.2, 0.25) is 0 Å². The van der Waals surface area contributed by atoms with Crippen LogP contribution in [-0.4, -0.2) is 41.9 Å². The van der Waals surface area contributed by atoms with Gasteiger partial charge >= 0.3 is 12.0 Å². The molecule has 5 amide bonds. The van der Waals surface area contributed by atoms with E-state index in [-0.39, 0.29) is 28.4 Å². The molecule has 2 heterocycles. The lowest BCUT2D eigenvalue weighted by Gasteiger charge is -2.20. The molecule has 2 aliphatic heterocycles. The molecule has 0 saturated carbocycles. The van der Waals surface area contributed by atoms with Gasteiger partial charge in [-0.15, -0.1) is 0 Å². The minimum atomic E-state index is -1.40. The van der Waals surface area contributed by atoms with Crippen LogP contribution in [0.5, 0.6) is 0 Å². The zero-order chi connectivity index (χ0) is 19.9. The Balaban J connectivity index is 2.09. The number of anilines is 3. The predicted octanol–water partition coefficient (Wildman–Crippen LogP) is 1.000. The summed E-state index contributed by atoms with van der Waals surface area (Å²) in [6.07, 6.45) is 0.717. The van der Waals surface area contributed by atoms with Gasteiger partial charge in [0.15, 0.2) is 5.76 Å². The molecule has 10 nitrogen and oxygen atoms in total. The van der Waals surface area contributed by atoms with E-state index >= 15 is 0 Å². The molecule has 0 fully saturated rings. The van der Waals surface area contributed by atoms with Gasteiger partial charge in [0.25, 0.3) is 17.7 Å². The average Bonchev–Trinajstić information content (AvgIpc) is 3.01. The molecular weight excluding hydrogens is 358 g/mol. The van der Waals surface area contributed by atoms with Crippen LogP contribution < -0.4 is 15.1 Å². The van der Waals surface area contributed by atoms with E-state index in [0.29, 0.717) is 0 Å². The van der Waals surface area contributed by atoms with Crippen LogP contribution in [0.25, 0.3) is 0 Å². The maximum absolute atomic E-state index is 12.3. The number of hydrogen-bond acceptors (Lipinski definition) is 6. The van der Waals surface area contributed by atoms with Crippen LogP contribution in [0.15, 0.2) is 41.7 Å². The van der Waals surface area contributed by atoms with Crippen LogP contribution >= 0.6 is 0 Å². The van der Waals surface area contributed by atoms with Crippen molar-refractivity contribution in [3.8, 4) is 0 Å². The Kier molecular flexibility index (Phi) is 4.24. The first kappa shape index (κ1) is 17.9. The van der Waals surface area contributed by atoms with E-state index < -0.39 is 29.7 Å². The van der Waals surface area contributed by atoms with E-state index in [1.807, 2.05) is 0 Å². The van der Waals surface area contributed by atoms with Crippen LogP contribution in [0, 0.1) is 0 Å². The lowest BCUT2D eigenvalue weighted by atomic mass is 10.2. The highest BCUT2D eigenvalue weighted by molar-refractivity contribution is 6.32. The molecule has 3 rings (SSSR count). The number of imide groups is 2. The lowest BCUT2D eigenvalue weighted by Crippen LogP contribution is -2.33. The molecule has 0 bridgehead atoms. The maximum Gasteiger partial charge on any atom is 0.409 e. The number of carboxylic acid groups (broad SMARTS) is 1. The van der Waals surface area contributed by atoms with Gasteiger partial charge in [0, 0.05) is 17.3 Å². The smallest absolute Gasteiger partial charge is 0.409 e. The number of methoxy groups -OCH3 is 1. The number of nitrogens with one attached hydrogen (secondary N) is 1. The summed E-state index contributed by atoms with van der Waals surface area (Å²) in [6, 6.07) is 3.73. The Labute approximate surface area is 152 Å². The van der Waals surface area contributed by atoms with E-state index in [9.17, 15) is 24.0 Å². The summed E-state index contributed by atoms with van der Waals surface area (Å²) in [5.41, 5.74) is 0.145. The van der Waals surface area contributed by atoms with Crippen LogP contribution in [-0.2, 0) is 23.9 Å². The van der Waals surface area contributed by atoms with Crippen molar-refractivity contribution in [1.29, 1.82) is 0 Å². The normalized spacial score (nSPS) is 16.7. The highest BCUT2D eigenvalue weighted by Crippen LogP contribution is 2.33. The summed E-state index contributed by atoms with van der Waals surface area (Å²) < 4.78 is 4.83. The molecule has 27 heavy (non-hydrogen) atoms. The molecule has 1 aromatic carbocycles. The molecule has 1 aromatic rings. The first-order valence-corrected chi connectivity index (χ1v) is 7.58. The van der Waals surface area contributed by atoms with Gasteiger partial charge in [-0.3, -0.25) is 24.5 Å². The second-order valence-corrected chi connectivity index (χ2v) is 5.67. The number of rotatable bonds is 4. The Bertz CT molecular complexity index is 977. The monoisotopic (exact) mass is 371 g/mol. The number of carbonyl (C=O) groups excluding carboxylic acids is 4. The van der Waals surface area contributed by atoms with Gasteiger partial charge in [-0.1, -0.05) is 0 Å². The number of amides is 5. The molecule has 2 aliphatic rings. The van der Waals surface area contributed by atoms with Crippen molar-refractivity contribution in [3.63, 3.8) is 0 Å². The van der Waals surface area contributed by atoms with Crippen molar-refractivity contribution >= 4 is 46.8 Å². The van der Waals surface area contributed by atoms with Gasteiger partial charge in [-0.2, -0.15) is 0 Å². The molecule has 2 N–H and O–H groups in total. The number of carbonyl (C=O) groups is 5. The standard InChI is InChI=1S/C17H13N3O7/c1-8-3-13(21)19(15(8)23)10-4-9(18-17(25)26)5-11(6-10)20-14(22)7-12(27-2)16(20)24/h3-7,18H,1-2H3,(H,25,26). The van der Waals surface area contributed by atoms with E-state index in [2.05, 4.69) is 5.32 Å². The molecule has 0 saturated heterocycles. The van der Waals surface area contributed by atoms with Gasteiger partial charge in [-0.05, 0) is 25.1 Å². The number of nitrogens with zero attached hydrogens (tertiary/aromatic N) is 2. The SMILES string of the molecule is COC1=CC(=O)N(c2cc(NC(=O)O)cc(N3C(=O)C=C(C)C3=O)c2)C1=O. The fourth-order valence-electron chi connectivity index (χ4n) is 2.72. The molecule has 10 heteroatoms. The summed E-state index contributed by atoms with van der Waals surface area (Å²) in [5.74, 6) is -2.86. The second-order valence-electron chi connectivity index (χ2n) is 5.67. The quantitative estimate of drug-likeness (QED) is 0.754.